The molecule has 0 spiro atoms. The molecule has 0 bridgehead atoms. The van der Waals surface area contributed by atoms with Crippen molar-refractivity contribution in [1.82, 2.24) is 0 Å². The molecule has 0 unspecified atom stereocenters. The van der Waals surface area contributed by atoms with Gasteiger partial charge >= 0.3 is 0 Å². The molecule has 13 rings (SSSR count). The van der Waals surface area contributed by atoms with Crippen molar-refractivity contribution in [1.29, 1.82) is 0 Å². The molecule has 0 fully saturated rings. The number of benzene rings is 11. The lowest BCUT2D eigenvalue weighted by molar-refractivity contribution is 1.29. The first-order chi connectivity index (χ1) is 33.7. The minimum absolute atomic E-state index is 1.09. The highest BCUT2D eigenvalue weighted by atomic mass is 32.1. The van der Waals surface area contributed by atoms with Crippen LogP contribution in [-0.2, 0) is 0 Å². The molecule has 13 aromatic rings. The van der Waals surface area contributed by atoms with Gasteiger partial charge in [0.1, 0.15) is 0 Å². The summed E-state index contributed by atoms with van der Waals surface area (Å²) in [6.07, 6.45) is 0. The van der Waals surface area contributed by atoms with Crippen molar-refractivity contribution < 1.29 is 0 Å². The number of thiophene rings is 2. The molecular weight excluding hydrogens is 861 g/mol. The second kappa shape index (κ2) is 16.9. The molecule has 0 N–H and O–H groups in total. The van der Waals surface area contributed by atoms with Crippen molar-refractivity contribution >= 4 is 108 Å². The van der Waals surface area contributed by atoms with Crippen molar-refractivity contribution in [3.05, 3.63) is 255 Å². The molecule has 0 aliphatic heterocycles. The predicted octanol–water partition coefficient (Wildman–Crippen LogP) is 19.5. The first-order valence-electron chi connectivity index (χ1n) is 23.1. The molecule has 0 aliphatic carbocycles. The van der Waals surface area contributed by atoms with E-state index in [-0.39, 0.29) is 0 Å². The Morgan fingerprint density at radius 3 is 1.47 bits per heavy atom. The van der Waals surface area contributed by atoms with Gasteiger partial charge in [0, 0.05) is 63.5 Å². The second-order valence-electron chi connectivity index (χ2n) is 17.2. The van der Waals surface area contributed by atoms with E-state index in [1.807, 2.05) is 22.7 Å². The summed E-state index contributed by atoms with van der Waals surface area (Å²) in [6, 6.07) is 93.3. The summed E-state index contributed by atoms with van der Waals surface area (Å²) in [5.41, 5.74) is 13.7. The Morgan fingerprint density at radius 2 is 0.735 bits per heavy atom. The van der Waals surface area contributed by atoms with Gasteiger partial charge in [-0.2, -0.15) is 0 Å². The number of rotatable bonds is 9. The number of nitrogens with zero attached hydrogens (tertiary/aromatic N) is 2. The fourth-order valence-electron chi connectivity index (χ4n) is 10.2. The highest BCUT2D eigenvalue weighted by molar-refractivity contribution is 7.26. The molecular formula is C64H42N2S2. The molecule has 68 heavy (non-hydrogen) atoms. The zero-order valence-corrected chi connectivity index (χ0v) is 38.6. The third-order valence-corrected chi connectivity index (χ3v) is 15.6. The molecule has 0 radical (unpaired) electrons. The molecule has 0 atom stereocenters. The lowest BCUT2D eigenvalue weighted by atomic mass is 9.94. The standard InChI is InChI=1S/C64H42N2S2/c1-3-19-43(20-4-1)48-39-40-59(52-28-8-7-27-51(48)52)66(57-32-13-9-25-49(57)44-21-5-2-6-22-44)58-33-14-10-26-50(58)45-23-17-24-46(41-45)65(47-37-38-55-53-29-11-15-35-61(53)67-63(55)42-47)60-34-18-31-56-54-30-12-16-36-62(54)68-64(56)60/h1-42H. The van der Waals surface area contributed by atoms with E-state index in [2.05, 4.69) is 265 Å². The maximum Gasteiger partial charge on any atom is 0.0640 e. The van der Waals surface area contributed by atoms with Gasteiger partial charge in [-0.25, -0.2) is 0 Å². The monoisotopic (exact) mass is 902 g/mol. The topological polar surface area (TPSA) is 6.48 Å². The van der Waals surface area contributed by atoms with E-state index < -0.39 is 0 Å². The molecule has 2 nitrogen and oxygen atoms in total. The minimum Gasteiger partial charge on any atom is -0.309 e. The Morgan fingerprint density at radius 1 is 0.235 bits per heavy atom. The third-order valence-electron chi connectivity index (χ3n) is 13.3. The van der Waals surface area contributed by atoms with Gasteiger partial charge in [-0.15, -0.1) is 22.7 Å². The van der Waals surface area contributed by atoms with Crippen molar-refractivity contribution in [3.8, 4) is 33.4 Å². The Hall–Kier alpha value is -8.28. The summed E-state index contributed by atoms with van der Waals surface area (Å²) >= 11 is 3.73. The molecule has 0 aliphatic rings. The largest absolute Gasteiger partial charge is 0.309 e. The lowest BCUT2D eigenvalue weighted by Gasteiger charge is -2.31. The first kappa shape index (κ1) is 40.0. The zero-order valence-electron chi connectivity index (χ0n) is 37.0. The quantitative estimate of drug-likeness (QED) is 0.142. The van der Waals surface area contributed by atoms with Crippen LogP contribution in [0.2, 0.25) is 0 Å². The molecule has 2 heterocycles. The number of fused-ring (bicyclic) bond motifs is 7. The van der Waals surface area contributed by atoms with Gasteiger partial charge in [0.2, 0.25) is 0 Å². The lowest BCUT2D eigenvalue weighted by Crippen LogP contribution is -2.13. The van der Waals surface area contributed by atoms with Crippen LogP contribution in [0.4, 0.5) is 34.1 Å². The summed E-state index contributed by atoms with van der Waals surface area (Å²) < 4.78 is 5.14. The SMILES string of the molecule is c1ccc(-c2ccccc2N(c2ccccc2-c2cccc(N(c3ccc4c(c3)sc3ccccc34)c3cccc4c3sc3ccccc34)c2)c2ccc(-c3ccccc3)c3ccccc23)cc1. The molecule has 11 aromatic carbocycles. The van der Waals surface area contributed by atoms with Gasteiger partial charge in [0.15, 0.2) is 0 Å². The fraction of sp³-hybridized carbons (Fsp3) is 0. The van der Waals surface area contributed by atoms with Crippen LogP contribution in [0.3, 0.4) is 0 Å². The maximum absolute atomic E-state index is 2.49. The van der Waals surface area contributed by atoms with E-state index in [0.29, 0.717) is 0 Å². The summed E-state index contributed by atoms with van der Waals surface area (Å²) in [7, 11) is 0. The van der Waals surface area contributed by atoms with Crippen LogP contribution in [0.5, 0.6) is 0 Å². The Kier molecular flexibility index (Phi) is 9.93. The molecule has 0 amide bonds. The van der Waals surface area contributed by atoms with E-state index >= 15 is 0 Å². The van der Waals surface area contributed by atoms with Crippen LogP contribution in [0.1, 0.15) is 0 Å². The number of hydrogen-bond donors (Lipinski definition) is 0. The average Bonchev–Trinajstić information content (AvgIpc) is 3.99. The summed E-state index contributed by atoms with van der Waals surface area (Å²) in [5.74, 6) is 0. The fourth-order valence-corrected chi connectivity index (χ4v) is 12.5. The highest BCUT2D eigenvalue weighted by Crippen LogP contribution is 2.50. The first-order valence-corrected chi connectivity index (χ1v) is 24.7. The molecule has 4 heteroatoms. The number of para-hydroxylation sites is 2. The van der Waals surface area contributed by atoms with Gasteiger partial charge in [0.05, 0.1) is 27.4 Å². The van der Waals surface area contributed by atoms with E-state index in [4.69, 9.17) is 0 Å². The van der Waals surface area contributed by atoms with Gasteiger partial charge in [0.25, 0.3) is 0 Å². The van der Waals surface area contributed by atoms with Crippen molar-refractivity contribution in [2.45, 2.75) is 0 Å². The van der Waals surface area contributed by atoms with E-state index in [1.165, 1.54) is 67.8 Å². The summed E-state index contributed by atoms with van der Waals surface area (Å²) in [6.45, 7) is 0. The average molecular weight is 903 g/mol. The number of hydrogen-bond acceptors (Lipinski definition) is 4. The van der Waals surface area contributed by atoms with Gasteiger partial charge < -0.3 is 9.80 Å². The highest BCUT2D eigenvalue weighted by Gasteiger charge is 2.25. The van der Waals surface area contributed by atoms with Crippen molar-refractivity contribution in [2.24, 2.45) is 0 Å². The van der Waals surface area contributed by atoms with Gasteiger partial charge in [-0.1, -0.05) is 194 Å². The smallest absolute Gasteiger partial charge is 0.0640 e. The molecule has 0 saturated carbocycles. The van der Waals surface area contributed by atoms with E-state index in [0.717, 1.165) is 50.8 Å². The van der Waals surface area contributed by atoms with Crippen LogP contribution in [0.15, 0.2) is 255 Å². The summed E-state index contributed by atoms with van der Waals surface area (Å²) in [4.78, 5) is 4.97. The van der Waals surface area contributed by atoms with Gasteiger partial charge in [-0.05, 0) is 88.3 Å². The van der Waals surface area contributed by atoms with Crippen LogP contribution < -0.4 is 9.80 Å². The van der Waals surface area contributed by atoms with Crippen molar-refractivity contribution in [3.63, 3.8) is 0 Å². The van der Waals surface area contributed by atoms with Crippen LogP contribution in [0, 0.1) is 0 Å². The zero-order chi connectivity index (χ0) is 45.0. The van der Waals surface area contributed by atoms with Crippen molar-refractivity contribution in [2.75, 3.05) is 9.80 Å². The molecule has 0 saturated heterocycles. The van der Waals surface area contributed by atoms with Gasteiger partial charge in [-0.3, -0.25) is 0 Å². The van der Waals surface area contributed by atoms with Crippen LogP contribution in [0.25, 0.3) is 84.5 Å². The Bertz CT molecular complexity index is 4000. The Labute approximate surface area is 403 Å². The minimum atomic E-state index is 1.09. The number of anilines is 6. The van der Waals surface area contributed by atoms with Crippen LogP contribution >= 0.6 is 22.7 Å². The molecule has 2 aromatic heterocycles. The van der Waals surface area contributed by atoms with Crippen LogP contribution in [-0.4, -0.2) is 0 Å². The maximum atomic E-state index is 2.49. The Balaban J connectivity index is 1.03. The third kappa shape index (κ3) is 6.84. The molecule has 320 valence electrons. The normalized spacial score (nSPS) is 11.5. The summed E-state index contributed by atoms with van der Waals surface area (Å²) in [5, 5.41) is 7.54. The predicted molar refractivity (Wildman–Crippen MR) is 295 cm³/mol. The van der Waals surface area contributed by atoms with E-state index in [1.54, 1.807) is 0 Å². The second-order valence-corrected chi connectivity index (χ2v) is 19.3. The van der Waals surface area contributed by atoms with E-state index in [9.17, 15) is 0 Å².